The molecule has 1 amide bonds. The van der Waals surface area contributed by atoms with Crippen molar-refractivity contribution in [3.63, 3.8) is 0 Å². The molecule has 1 aliphatic carbocycles. The normalized spacial score (nSPS) is 14.0. The van der Waals surface area contributed by atoms with Gasteiger partial charge in [0.2, 0.25) is 0 Å². The average Bonchev–Trinajstić information content (AvgIpc) is 3.18. The Balaban J connectivity index is 1.50. The van der Waals surface area contributed by atoms with Crippen molar-refractivity contribution in [2.45, 2.75) is 32.1 Å². The summed E-state index contributed by atoms with van der Waals surface area (Å²) in [6.45, 7) is 0. The molecule has 1 N–H and O–H groups in total. The molecule has 0 bridgehead atoms. The van der Waals surface area contributed by atoms with Gasteiger partial charge in [0, 0.05) is 11.1 Å². The summed E-state index contributed by atoms with van der Waals surface area (Å²) in [6, 6.07) is 9.74. The fourth-order valence-electron chi connectivity index (χ4n) is 2.91. The molecule has 0 saturated heterocycles. The maximum atomic E-state index is 12.4. The van der Waals surface area contributed by atoms with Gasteiger partial charge in [-0.2, -0.15) is 5.10 Å². The zero-order chi connectivity index (χ0) is 16.4. The van der Waals surface area contributed by atoms with Gasteiger partial charge in [0.05, 0.1) is 23.1 Å². The average molecular weight is 338 g/mol. The quantitative estimate of drug-likeness (QED) is 0.738. The maximum absolute atomic E-state index is 12.4. The van der Waals surface area contributed by atoms with Crippen molar-refractivity contribution in [2.75, 3.05) is 5.32 Å². The lowest BCUT2D eigenvalue weighted by atomic mass is 10.2. The summed E-state index contributed by atoms with van der Waals surface area (Å²) in [5.41, 5.74) is 2.62. The molecule has 0 saturated carbocycles. The number of anilines is 1. The topological polar surface area (TPSA) is 59.8 Å². The van der Waals surface area contributed by atoms with Crippen molar-refractivity contribution < 1.29 is 4.79 Å². The van der Waals surface area contributed by atoms with Crippen LogP contribution in [0.15, 0.2) is 42.7 Å². The van der Waals surface area contributed by atoms with Gasteiger partial charge in [-0.3, -0.25) is 10.1 Å². The minimum absolute atomic E-state index is 0.166. The summed E-state index contributed by atoms with van der Waals surface area (Å²) in [5.74, 6) is -0.166. The third-order valence-electron chi connectivity index (χ3n) is 4.18. The summed E-state index contributed by atoms with van der Waals surface area (Å²) in [5, 5.41) is 7.88. The van der Waals surface area contributed by atoms with Gasteiger partial charge in [0.15, 0.2) is 5.13 Å². The van der Waals surface area contributed by atoms with Crippen LogP contribution >= 0.6 is 11.3 Å². The van der Waals surface area contributed by atoms with Crippen LogP contribution in [-0.2, 0) is 12.8 Å². The molecule has 0 unspecified atom stereocenters. The van der Waals surface area contributed by atoms with Gasteiger partial charge in [-0.15, -0.1) is 11.3 Å². The minimum atomic E-state index is -0.166. The number of carbonyl (C=O) groups excluding carboxylic acids is 1. The molecule has 2 heterocycles. The van der Waals surface area contributed by atoms with Gasteiger partial charge in [0.25, 0.3) is 5.91 Å². The molecular weight excluding hydrogens is 320 g/mol. The smallest absolute Gasteiger partial charge is 0.260 e. The predicted molar refractivity (Wildman–Crippen MR) is 94.9 cm³/mol. The molecule has 6 heteroatoms. The van der Waals surface area contributed by atoms with E-state index in [4.69, 9.17) is 0 Å². The van der Waals surface area contributed by atoms with Crippen LogP contribution in [0.25, 0.3) is 5.69 Å². The zero-order valence-corrected chi connectivity index (χ0v) is 14.1. The first-order chi connectivity index (χ1) is 11.8. The van der Waals surface area contributed by atoms with Gasteiger partial charge in [-0.1, -0.05) is 24.6 Å². The van der Waals surface area contributed by atoms with Crippen molar-refractivity contribution in [1.82, 2.24) is 14.8 Å². The predicted octanol–water partition coefficient (Wildman–Crippen LogP) is 3.85. The first-order valence-electron chi connectivity index (χ1n) is 8.19. The Bertz CT molecular complexity index is 830. The van der Waals surface area contributed by atoms with E-state index in [1.807, 2.05) is 30.3 Å². The largest absolute Gasteiger partial charge is 0.298 e. The number of nitrogens with one attached hydrogen (secondary N) is 1. The second kappa shape index (κ2) is 6.57. The van der Waals surface area contributed by atoms with E-state index in [1.165, 1.54) is 24.1 Å². The summed E-state index contributed by atoms with van der Waals surface area (Å²) in [6.07, 6.45) is 9.09. The van der Waals surface area contributed by atoms with Crippen molar-refractivity contribution in [2.24, 2.45) is 0 Å². The first kappa shape index (κ1) is 15.1. The molecule has 122 valence electrons. The number of hydrogen-bond acceptors (Lipinski definition) is 4. The third-order valence-corrected chi connectivity index (χ3v) is 5.25. The van der Waals surface area contributed by atoms with E-state index in [0.717, 1.165) is 24.2 Å². The number of aromatic nitrogens is 3. The lowest BCUT2D eigenvalue weighted by Gasteiger charge is -2.00. The second-order valence-corrected chi connectivity index (χ2v) is 7.00. The Hall–Kier alpha value is -2.47. The van der Waals surface area contributed by atoms with Gasteiger partial charge in [-0.25, -0.2) is 9.67 Å². The van der Waals surface area contributed by atoms with Crippen molar-refractivity contribution in [3.05, 3.63) is 58.9 Å². The molecule has 0 atom stereocenters. The number of thiazole rings is 1. The number of amides is 1. The Kier molecular flexibility index (Phi) is 4.13. The third kappa shape index (κ3) is 3.10. The molecule has 3 aromatic rings. The number of carbonyl (C=O) groups is 1. The van der Waals surface area contributed by atoms with Crippen LogP contribution in [0, 0.1) is 0 Å². The molecule has 24 heavy (non-hydrogen) atoms. The molecule has 0 aliphatic heterocycles. The second-order valence-electron chi connectivity index (χ2n) is 5.91. The summed E-state index contributed by atoms with van der Waals surface area (Å²) >= 11 is 1.60. The molecule has 4 rings (SSSR count). The van der Waals surface area contributed by atoms with E-state index < -0.39 is 0 Å². The van der Waals surface area contributed by atoms with Gasteiger partial charge in [0.1, 0.15) is 0 Å². The molecule has 0 radical (unpaired) electrons. The van der Waals surface area contributed by atoms with E-state index in [-0.39, 0.29) is 5.91 Å². The summed E-state index contributed by atoms with van der Waals surface area (Å²) < 4.78 is 1.70. The number of hydrogen-bond donors (Lipinski definition) is 1. The van der Waals surface area contributed by atoms with E-state index in [1.54, 1.807) is 28.4 Å². The fourth-order valence-corrected chi connectivity index (χ4v) is 3.96. The van der Waals surface area contributed by atoms with Crippen LogP contribution in [-0.4, -0.2) is 20.7 Å². The highest BCUT2D eigenvalue weighted by molar-refractivity contribution is 7.15. The number of aryl methyl sites for hydroxylation is 2. The van der Waals surface area contributed by atoms with Crippen LogP contribution in [0.3, 0.4) is 0 Å². The Morgan fingerprint density at radius 1 is 1.12 bits per heavy atom. The zero-order valence-electron chi connectivity index (χ0n) is 13.2. The number of rotatable bonds is 3. The van der Waals surface area contributed by atoms with Gasteiger partial charge < -0.3 is 0 Å². The highest BCUT2D eigenvalue weighted by Crippen LogP contribution is 2.29. The highest BCUT2D eigenvalue weighted by Gasteiger charge is 2.17. The van der Waals surface area contributed by atoms with E-state index >= 15 is 0 Å². The Morgan fingerprint density at radius 2 is 1.96 bits per heavy atom. The SMILES string of the molecule is O=C(Nc1nc2c(s1)CCCCC2)c1cnn(-c2ccccc2)c1. The maximum Gasteiger partial charge on any atom is 0.260 e. The van der Waals surface area contributed by atoms with Gasteiger partial charge in [-0.05, 0) is 37.8 Å². The monoisotopic (exact) mass is 338 g/mol. The van der Waals surface area contributed by atoms with Crippen LogP contribution in [0.1, 0.15) is 40.2 Å². The number of para-hydroxylation sites is 1. The summed E-state index contributed by atoms with van der Waals surface area (Å²) in [4.78, 5) is 18.4. The van der Waals surface area contributed by atoms with E-state index in [0.29, 0.717) is 10.7 Å². The van der Waals surface area contributed by atoms with Crippen molar-refractivity contribution in [1.29, 1.82) is 0 Å². The minimum Gasteiger partial charge on any atom is -0.298 e. The van der Waals surface area contributed by atoms with Crippen molar-refractivity contribution >= 4 is 22.4 Å². The molecular formula is C18H18N4OS. The van der Waals surface area contributed by atoms with Crippen LogP contribution in [0.4, 0.5) is 5.13 Å². The lowest BCUT2D eigenvalue weighted by Crippen LogP contribution is -2.11. The Labute approximate surface area is 144 Å². The van der Waals surface area contributed by atoms with Crippen LogP contribution in [0.5, 0.6) is 0 Å². The number of benzene rings is 1. The highest BCUT2D eigenvalue weighted by atomic mass is 32.1. The van der Waals surface area contributed by atoms with Gasteiger partial charge >= 0.3 is 0 Å². The molecule has 1 aromatic carbocycles. The Morgan fingerprint density at radius 3 is 2.83 bits per heavy atom. The van der Waals surface area contributed by atoms with Crippen LogP contribution in [0.2, 0.25) is 0 Å². The first-order valence-corrected chi connectivity index (χ1v) is 9.01. The summed E-state index contributed by atoms with van der Waals surface area (Å²) in [7, 11) is 0. The number of nitrogens with zero attached hydrogens (tertiary/aromatic N) is 3. The molecule has 1 aliphatic rings. The fraction of sp³-hybridized carbons (Fsp3) is 0.278. The van der Waals surface area contributed by atoms with E-state index in [9.17, 15) is 4.79 Å². The van der Waals surface area contributed by atoms with Crippen molar-refractivity contribution in [3.8, 4) is 5.69 Å². The molecule has 0 fully saturated rings. The van der Waals surface area contributed by atoms with E-state index in [2.05, 4.69) is 15.4 Å². The number of fused-ring (bicyclic) bond motifs is 1. The molecule has 0 spiro atoms. The molecule has 2 aromatic heterocycles. The lowest BCUT2D eigenvalue weighted by molar-refractivity contribution is 0.102. The molecule has 5 nitrogen and oxygen atoms in total. The van der Waals surface area contributed by atoms with Crippen LogP contribution < -0.4 is 5.32 Å². The standard InChI is InChI=1S/C18H18N4OS/c23-17(13-11-19-22(12-13)14-7-3-1-4-8-14)21-18-20-15-9-5-2-6-10-16(15)24-18/h1,3-4,7-8,11-12H,2,5-6,9-10H2,(H,20,21,23).